The molecule has 0 atom stereocenters. The van der Waals surface area contributed by atoms with Gasteiger partial charge in [0.25, 0.3) is 0 Å². The molecule has 0 N–H and O–H groups in total. The highest BCUT2D eigenvalue weighted by atomic mass is 35.5. The fourth-order valence-corrected chi connectivity index (χ4v) is 7.03. The van der Waals surface area contributed by atoms with Gasteiger partial charge in [0, 0.05) is 40.9 Å². The Kier molecular flexibility index (Phi) is 6.30. The minimum Gasteiger partial charge on any atom is -0.344 e. The molecule has 0 unspecified atom stereocenters. The molecule has 5 aromatic carbocycles. The summed E-state index contributed by atoms with van der Waals surface area (Å²) in [6.45, 7) is 5.46. The normalized spacial score (nSPS) is 17.7. The van der Waals surface area contributed by atoms with Crippen molar-refractivity contribution >= 4 is 56.2 Å². The average Bonchev–Trinajstić information content (AvgIpc) is 3.39. The largest absolute Gasteiger partial charge is 0.344 e. The Morgan fingerprint density at radius 2 is 1.54 bits per heavy atom. The van der Waals surface area contributed by atoms with Crippen molar-refractivity contribution < 1.29 is 4.79 Å². The molecule has 4 heteroatoms. The molecule has 41 heavy (non-hydrogen) atoms. The molecule has 1 aliphatic heterocycles. The van der Waals surface area contributed by atoms with Crippen molar-refractivity contribution in [3.05, 3.63) is 147 Å². The quantitative estimate of drug-likeness (QED) is 0.157. The van der Waals surface area contributed by atoms with E-state index in [1.54, 1.807) is 6.07 Å². The first-order chi connectivity index (χ1) is 19.8. The van der Waals surface area contributed by atoms with E-state index in [1.807, 2.05) is 12.1 Å². The van der Waals surface area contributed by atoms with Crippen molar-refractivity contribution in [1.82, 2.24) is 0 Å². The molecule has 0 fully saturated rings. The summed E-state index contributed by atoms with van der Waals surface area (Å²) in [5.41, 5.74) is 7.12. The van der Waals surface area contributed by atoms with E-state index in [2.05, 4.69) is 104 Å². The monoisotopic (exact) mass is 573 g/mol. The Morgan fingerprint density at radius 3 is 2.37 bits per heavy atom. The Labute approximate surface area is 250 Å². The maximum atomic E-state index is 13.3. The number of rotatable bonds is 4. The van der Waals surface area contributed by atoms with Gasteiger partial charge in [0.2, 0.25) is 0 Å². The minimum absolute atomic E-state index is 0.0241. The number of fused-ring (bicyclic) bond motifs is 6. The molecule has 0 amide bonds. The summed E-state index contributed by atoms with van der Waals surface area (Å²) in [5, 5.41) is 5.96. The molecule has 5 aromatic rings. The summed E-state index contributed by atoms with van der Waals surface area (Å²) in [4.78, 5) is 15.8. The Balaban J connectivity index is 1.38. The second-order valence-electron chi connectivity index (χ2n) is 11.5. The highest BCUT2D eigenvalue weighted by Gasteiger charge is 2.41. The van der Waals surface area contributed by atoms with Crippen molar-refractivity contribution in [1.29, 1.82) is 0 Å². The lowest BCUT2D eigenvalue weighted by Crippen LogP contribution is -2.28. The predicted molar refractivity (Wildman–Crippen MR) is 173 cm³/mol. The molecule has 0 radical (unpaired) electrons. The van der Waals surface area contributed by atoms with Gasteiger partial charge >= 0.3 is 0 Å². The fraction of sp³-hybridized carbons (Fsp3) is 0.162. The van der Waals surface area contributed by atoms with Gasteiger partial charge in [0.15, 0.2) is 5.78 Å². The lowest BCUT2D eigenvalue weighted by Gasteiger charge is -2.27. The lowest BCUT2D eigenvalue weighted by molar-refractivity contribution is 0.103. The SMILES string of the molecule is CC1(C)/C(=C/C=C2/Cc3cc(Cl)c(Cl)cc3C2=O)N(CCc2ccccc2)c2ccc3ccc4ccccc4c3c21. The third-order valence-electron chi connectivity index (χ3n) is 8.71. The maximum absolute atomic E-state index is 13.3. The number of allylic oxidation sites excluding steroid dienone is 4. The summed E-state index contributed by atoms with van der Waals surface area (Å²) in [6.07, 6.45) is 5.66. The van der Waals surface area contributed by atoms with Crippen LogP contribution in [0.4, 0.5) is 5.69 Å². The van der Waals surface area contributed by atoms with Crippen LogP contribution in [0.1, 0.15) is 40.9 Å². The van der Waals surface area contributed by atoms with E-state index in [4.69, 9.17) is 23.2 Å². The number of nitrogens with zero attached hydrogens (tertiary/aromatic N) is 1. The van der Waals surface area contributed by atoms with Crippen LogP contribution in [-0.2, 0) is 18.3 Å². The van der Waals surface area contributed by atoms with Gasteiger partial charge in [-0.2, -0.15) is 0 Å². The van der Waals surface area contributed by atoms with Crippen LogP contribution in [0.3, 0.4) is 0 Å². The maximum Gasteiger partial charge on any atom is 0.189 e. The summed E-state index contributed by atoms with van der Waals surface area (Å²) in [6, 6.07) is 31.8. The van der Waals surface area contributed by atoms with Crippen LogP contribution in [0.5, 0.6) is 0 Å². The number of hydrogen-bond donors (Lipinski definition) is 0. The molecular formula is C37H29Cl2NO. The van der Waals surface area contributed by atoms with E-state index in [-0.39, 0.29) is 11.2 Å². The van der Waals surface area contributed by atoms with Crippen LogP contribution in [0.15, 0.2) is 114 Å². The number of Topliss-reactive ketones (excluding diaryl/α,β-unsaturated/α-hetero) is 1. The number of anilines is 1. The number of carbonyl (C=O) groups is 1. The van der Waals surface area contributed by atoms with E-state index >= 15 is 0 Å². The summed E-state index contributed by atoms with van der Waals surface area (Å²) < 4.78 is 0. The second kappa shape index (κ2) is 9.91. The van der Waals surface area contributed by atoms with Gasteiger partial charge in [-0.1, -0.05) is 116 Å². The molecule has 0 bridgehead atoms. The average molecular weight is 575 g/mol. The molecule has 202 valence electrons. The summed E-state index contributed by atoms with van der Waals surface area (Å²) in [5.74, 6) is 0.0241. The van der Waals surface area contributed by atoms with E-state index in [9.17, 15) is 4.79 Å². The van der Waals surface area contributed by atoms with Crippen LogP contribution in [0, 0.1) is 0 Å². The van der Waals surface area contributed by atoms with Gasteiger partial charge in [0.1, 0.15) is 0 Å². The standard InChI is InChI=1S/C37H29Cl2NO/c1-37(2)33(17-15-26-20-27-21-30(38)31(39)22-29(27)36(26)41)40(19-18-23-8-4-3-5-9-23)32-16-14-25-13-12-24-10-6-7-11-28(24)34(25)35(32)37/h3-17,21-22H,18-20H2,1-2H3/b26-15-,33-17-. The zero-order valence-corrected chi connectivity index (χ0v) is 24.6. The Bertz CT molecular complexity index is 1930. The van der Waals surface area contributed by atoms with Gasteiger partial charge in [-0.05, 0) is 68.9 Å². The highest BCUT2D eigenvalue weighted by Crippen LogP contribution is 2.52. The first-order valence-corrected chi connectivity index (χ1v) is 14.8. The van der Waals surface area contributed by atoms with Crippen LogP contribution in [-0.4, -0.2) is 12.3 Å². The number of halogens is 2. The first kappa shape index (κ1) is 26.1. The molecule has 7 rings (SSSR count). The third-order valence-corrected chi connectivity index (χ3v) is 9.43. The van der Waals surface area contributed by atoms with Crippen molar-refractivity contribution in [3.63, 3.8) is 0 Å². The summed E-state index contributed by atoms with van der Waals surface area (Å²) in [7, 11) is 0. The molecule has 2 aliphatic rings. The van der Waals surface area contributed by atoms with Crippen molar-refractivity contribution in [3.8, 4) is 0 Å². The van der Waals surface area contributed by atoms with Gasteiger partial charge in [-0.15, -0.1) is 0 Å². The molecule has 0 aromatic heterocycles. The number of carbonyl (C=O) groups excluding carboxylic acids is 1. The lowest BCUT2D eigenvalue weighted by atomic mass is 9.80. The number of hydrogen-bond acceptors (Lipinski definition) is 2. The third kappa shape index (κ3) is 4.29. The highest BCUT2D eigenvalue weighted by molar-refractivity contribution is 6.42. The minimum atomic E-state index is -0.284. The van der Waals surface area contributed by atoms with Crippen LogP contribution in [0.25, 0.3) is 21.5 Å². The van der Waals surface area contributed by atoms with E-state index < -0.39 is 0 Å². The molecule has 2 nitrogen and oxygen atoms in total. The topological polar surface area (TPSA) is 20.3 Å². The Morgan fingerprint density at radius 1 is 0.829 bits per heavy atom. The zero-order chi connectivity index (χ0) is 28.3. The molecule has 1 heterocycles. The first-order valence-electron chi connectivity index (χ1n) is 14.0. The van der Waals surface area contributed by atoms with Gasteiger partial charge < -0.3 is 4.90 Å². The molecule has 0 spiro atoms. The van der Waals surface area contributed by atoms with E-state index in [1.165, 1.54) is 44.1 Å². The van der Waals surface area contributed by atoms with Gasteiger partial charge in [0.05, 0.1) is 10.0 Å². The fourth-order valence-electron chi connectivity index (χ4n) is 6.68. The van der Waals surface area contributed by atoms with Crippen LogP contribution in [0.2, 0.25) is 10.0 Å². The van der Waals surface area contributed by atoms with E-state index in [0.29, 0.717) is 22.0 Å². The zero-order valence-electron chi connectivity index (χ0n) is 23.0. The second-order valence-corrected chi connectivity index (χ2v) is 12.3. The van der Waals surface area contributed by atoms with Crippen LogP contribution < -0.4 is 4.90 Å². The molecule has 1 aliphatic carbocycles. The number of benzene rings is 5. The summed E-state index contributed by atoms with van der Waals surface area (Å²) >= 11 is 12.5. The molecular weight excluding hydrogens is 545 g/mol. The van der Waals surface area contributed by atoms with Gasteiger partial charge in [-0.25, -0.2) is 0 Å². The molecule has 0 saturated carbocycles. The van der Waals surface area contributed by atoms with E-state index in [0.717, 1.165) is 24.1 Å². The Hall–Kier alpha value is -3.85. The number of ketones is 1. The van der Waals surface area contributed by atoms with Crippen molar-refractivity contribution in [2.24, 2.45) is 0 Å². The van der Waals surface area contributed by atoms with Gasteiger partial charge in [-0.3, -0.25) is 4.79 Å². The smallest absolute Gasteiger partial charge is 0.189 e. The molecule has 0 saturated heterocycles. The van der Waals surface area contributed by atoms with Crippen molar-refractivity contribution in [2.75, 3.05) is 11.4 Å². The predicted octanol–water partition coefficient (Wildman–Crippen LogP) is 9.89. The van der Waals surface area contributed by atoms with Crippen molar-refractivity contribution in [2.45, 2.75) is 32.1 Å². The van der Waals surface area contributed by atoms with Crippen LogP contribution >= 0.6 is 23.2 Å².